The quantitative estimate of drug-likeness (QED) is 0.213. The Hall–Kier alpha value is -2.94. The molecular formula is C30H20Br2. The summed E-state index contributed by atoms with van der Waals surface area (Å²) in [6.45, 7) is 0. The van der Waals surface area contributed by atoms with E-state index in [1.165, 1.54) is 44.5 Å². The van der Waals surface area contributed by atoms with Gasteiger partial charge in [0.2, 0.25) is 0 Å². The van der Waals surface area contributed by atoms with E-state index < -0.39 is 0 Å². The van der Waals surface area contributed by atoms with Gasteiger partial charge in [-0.05, 0) is 68.8 Å². The predicted octanol–water partition coefficient (Wildman–Crippen LogP) is 9.88. The number of rotatable bonds is 4. The number of halogens is 2. The zero-order valence-corrected chi connectivity index (χ0v) is 20.5. The normalized spacial score (nSPS) is 10.8. The molecule has 0 fully saturated rings. The van der Waals surface area contributed by atoms with Crippen molar-refractivity contribution in [1.82, 2.24) is 0 Å². The molecule has 5 rings (SSSR count). The van der Waals surface area contributed by atoms with Gasteiger partial charge < -0.3 is 0 Å². The van der Waals surface area contributed by atoms with E-state index in [1.54, 1.807) is 0 Å². The molecule has 0 atom stereocenters. The minimum atomic E-state index is 1.08. The predicted molar refractivity (Wildman–Crippen MR) is 144 cm³/mol. The van der Waals surface area contributed by atoms with E-state index >= 15 is 0 Å². The van der Waals surface area contributed by atoms with Crippen LogP contribution in [0.4, 0.5) is 0 Å². The molecule has 0 heterocycles. The molecule has 0 aliphatic carbocycles. The molecule has 5 aromatic carbocycles. The summed E-state index contributed by atoms with van der Waals surface area (Å²) in [7, 11) is 0. The fourth-order valence-corrected chi connectivity index (χ4v) is 4.68. The molecule has 154 valence electrons. The topological polar surface area (TPSA) is 0 Å². The van der Waals surface area contributed by atoms with E-state index in [4.69, 9.17) is 0 Å². The standard InChI is InChI=1S/C30H20Br2/c31-25-15-11-21(12-16-25)27-19-20-28(22-13-17-26(32)18-14-22)30(24-9-5-2-6-10-24)29(27)23-7-3-1-4-8-23/h1-20H. The van der Waals surface area contributed by atoms with Gasteiger partial charge in [0.1, 0.15) is 0 Å². The summed E-state index contributed by atoms with van der Waals surface area (Å²) in [6.07, 6.45) is 0. The third kappa shape index (κ3) is 4.21. The van der Waals surface area contributed by atoms with Crippen LogP contribution in [0.5, 0.6) is 0 Å². The highest BCUT2D eigenvalue weighted by atomic mass is 79.9. The average Bonchev–Trinajstić information content (AvgIpc) is 2.85. The first kappa shape index (κ1) is 20.9. The zero-order chi connectivity index (χ0) is 21.9. The van der Waals surface area contributed by atoms with Crippen molar-refractivity contribution in [2.24, 2.45) is 0 Å². The summed E-state index contributed by atoms with van der Waals surface area (Å²) < 4.78 is 2.16. The Morgan fingerprint density at radius 2 is 0.656 bits per heavy atom. The lowest BCUT2D eigenvalue weighted by Gasteiger charge is -2.21. The molecule has 2 heteroatoms. The first-order chi connectivity index (χ1) is 15.7. The van der Waals surface area contributed by atoms with E-state index in [2.05, 4.69) is 153 Å². The highest BCUT2D eigenvalue weighted by molar-refractivity contribution is 9.10. The van der Waals surface area contributed by atoms with Crippen molar-refractivity contribution in [1.29, 1.82) is 0 Å². The molecule has 0 aromatic heterocycles. The first-order valence-electron chi connectivity index (χ1n) is 10.5. The second kappa shape index (κ2) is 9.28. The lowest BCUT2D eigenvalue weighted by molar-refractivity contribution is 1.53. The van der Waals surface area contributed by atoms with Crippen molar-refractivity contribution in [3.8, 4) is 44.5 Å². The molecule has 32 heavy (non-hydrogen) atoms. The van der Waals surface area contributed by atoms with Crippen LogP contribution in [0.15, 0.2) is 130 Å². The van der Waals surface area contributed by atoms with Gasteiger partial charge in [0.05, 0.1) is 0 Å². The summed E-state index contributed by atoms with van der Waals surface area (Å²) in [5, 5.41) is 0. The molecule has 0 aliphatic heterocycles. The maximum atomic E-state index is 3.58. The molecule has 0 amide bonds. The number of benzene rings is 5. The van der Waals surface area contributed by atoms with Crippen LogP contribution in [0.1, 0.15) is 0 Å². The molecule has 0 aliphatic rings. The van der Waals surface area contributed by atoms with Gasteiger partial charge >= 0.3 is 0 Å². The first-order valence-corrected chi connectivity index (χ1v) is 12.1. The van der Waals surface area contributed by atoms with E-state index in [0.717, 1.165) is 8.95 Å². The van der Waals surface area contributed by atoms with Crippen LogP contribution in [0, 0.1) is 0 Å². The number of hydrogen-bond donors (Lipinski definition) is 0. The van der Waals surface area contributed by atoms with Crippen LogP contribution >= 0.6 is 31.9 Å². The third-order valence-electron chi connectivity index (χ3n) is 5.64. The van der Waals surface area contributed by atoms with Crippen LogP contribution in [0.3, 0.4) is 0 Å². The van der Waals surface area contributed by atoms with Gasteiger partial charge in [0.15, 0.2) is 0 Å². The average molecular weight is 540 g/mol. The highest BCUT2D eigenvalue weighted by Gasteiger charge is 2.19. The maximum Gasteiger partial charge on any atom is 0.0175 e. The Labute approximate surface area is 205 Å². The minimum absolute atomic E-state index is 1.08. The van der Waals surface area contributed by atoms with Crippen molar-refractivity contribution in [2.75, 3.05) is 0 Å². The Balaban J connectivity index is 1.88. The number of hydrogen-bond acceptors (Lipinski definition) is 0. The van der Waals surface area contributed by atoms with Crippen LogP contribution in [0.2, 0.25) is 0 Å². The summed E-state index contributed by atoms with van der Waals surface area (Å²) in [4.78, 5) is 0. The third-order valence-corrected chi connectivity index (χ3v) is 6.70. The van der Waals surface area contributed by atoms with E-state index in [-0.39, 0.29) is 0 Å². The summed E-state index contributed by atoms with van der Waals surface area (Å²) in [6, 6.07) is 43.1. The van der Waals surface area contributed by atoms with Gasteiger partial charge in [-0.3, -0.25) is 0 Å². The molecule has 5 aromatic rings. The molecule has 0 radical (unpaired) electrons. The smallest absolute Gasteiger partial charge is 0.0175 e. The molecule has 0 unspecified atom stereocenters. The largest absolute Gasteiger partial charge is 0.0622 e. The van der Waals surface area contributed by atoms with E-state index in [9.17, 15) is 0 Å². The summed E-state index contributed by atoms with van der Waals surface area (Å²) in [5.41, 5.74) is 9.77. The lowest BCUT2D eigenvalue weighted by Crippen LogP contribution is -1.94. The molecule has 0 saturated carbocycles. The second-order valence-corrected chi connectivity index (χ2v) is 9.49. The van der Waals surface area contributed by atoms with Gasteiger partial charge in [0.25, 0.3) is 0 Å². The Morgan fingerprint density at radius 1 is 0.312 bits per heavy atom. The maximum absolute atomic E-state index is 3.58. The van der Waals surface area contributed by atoms with Crippen LogP contribution in [-0.2, 0) is 0 Å². The summed E-state index contributed by atoms with van der Waals surface area (Å²) >= 11 is 7.15. The van der Waals surface area contributed by atoms with Crippen molar-refractivity contribution in [3.05, 3.63) is 130 Å². The molecule has 0 spiro atoms. The van der Waals surface area contributed by atoms with Crippen molar-refractivity contribution in [3.63, 3.8) is 0 Å². The van der Waals surface area contributed by atoms with Crippen molar-refractivity contribution >= 4 is 31.9 Å². The fraction of sp³-hybridized carbons (Fsp3) is 0. The van der Waals surface area contributed by atoms with Crippen LogP contribution in [0.25, 0.3) is 44.5 Å². The van der Waals surface area contributed by atoms with Gasteiger partial charge in [-0.2, -0.15) is 0 Å². The van der Waals surface area contributed by atoms with Crippen molar-refractivity contribution < 1.29 is 0 Å². The highest BCUT2D eigenvalue weighted by Crippen LogP contribution is 2.45. The zero-order valence-electron chi connectivity index (χ0n) is 17.3. The van der Waals surface area contributed by atoms with E-state index in [1.807, 2.05) is 0 Å². The van der Waals surface area contributed by atoms with Gasteiger partial charge in [0, 0.05) is 8.95 Å². The minimum Gasteiger partial charge on any atom is -0.0622 e. The van der Waals surface area contributed by atoms with Gasteiger partial charge in [-0.1, -0.05) is 129 Å². The lowest BCUT2D eigenvalue weighted by atomic mass is 9.83. The Kier molecular flexibility index (Phi) is 6.07. The molecule has 0 saturated heterocycles. The van der Waals surface area contributed by atoms with Crippen LogP contribution in [-0.4, -0.2) is 0 Å². The fourth-order valence-electron chi connectivity index (χ4n) is 4.15. The van der Waals surface area contributed by atoms with Crippen LogP contribution < -0.4 is 0 Å². The Bertz CT molecular complexity index is 1230. The van der Waals surface area contributed by atoms with Crippen molar-refractivity contribution in [2.45, 2.75) is 0 Å². The summed E-state index contributed by atoms with van der Waals surface area (Å²) in [5.74, 6) is 0. The molecule has 0 bridgehead atoms. The van der Waals surface area contributed by atoms with E-state index in [0.29, 0.717) is 0 Å². The molecule has 0 N–H and O–H groups in total. The Morgan fingerprint density at radius 3 is 1.00 bits per heavy atom. The van der Waals surface area contributed by atoms with Gasteiger partial charge in [-0.25, -0.2) is 0 Å². The molecule has 0 nitrogen and oxygen atoms in total. The molecular weight excluding hydrogens is 520 g/mol. The SMILES string of the molecule is Brc1ccc(-c2ccc(-c3ccc(Br)cc3)c(-c3ccccc3)c2-c2ccccc2)cc1. The van der Waals surface area contributed by atoms with Gasteiger partial charge in [-0.15, -0.1) is 0 Å². The monoisotopic (exact) mass is 538 g/mol. The second-order valence-electron chi connectivity index (χ2n) is 7.66.